The first kappa shape index (κ1) is 41.9. The van der Waals surface area contributed by atoms with Crippen molar-refractivity contribution in [3.8, 4) is 0 Å². The van der Waals surface area contributed by atoms with Crippen molar-refractivity contribution in [2.45, 2.75) is 33.6 Å². The first-order chi connectivity index (χ1) is 22.0. The first-order valence-electron chi connectivity index (χ1n) is 14.6. The summed E-state index contributed by atoms with van der Waals surface area (Å²) < 4.78 is 13.7. The first-order valence-corrected chi connectivity index (χ1v) is 16.6. The maximum atomic E-state index is 12.4. The van der Waals surface area contributed by atoms with Gasteiger partial charge in [0.25, 0.3) is 5.91 Å². The molecule has 46 heavy (non-hydrogen) atoms. The third kappa shape index (κ3) is 16.8. The highest BCUT2D eigenvalue weighted by atomic mass is 35.5. The molecule has 1 amide bonds. The minimum absolute atomic E-state index is 0.200. The van der Waals surface area contributed by atoms with Gasteiger partial charge in [-0.15, -0.1) is 6.58 Å². The minimum atomic E-state index is -0.953. The molecular weight excluding hydrogens is 639 g/mol. The van der Waals surface area contributed by atoms with Crippen molar-refractivity contribution in [2.75, 3.05) is 34.3 Å². The van der Waals surface area contributed by atoms with Crippen LogP contribution in [-0.2, 0) is 11.0 Å². The standard InChI is InChI=1S/C17H18ClN3O2S.C7H6O.C6H8ClN.C3H8.C3H6/c1-19-16-11-13(5-8-15(16)18)20-17(22)12-3-6-14(7-4-12)21-9-2-10-24(21)23;8-6-7-4-2-1-3-5-7;1-3-4-6(7)5(2)8;2*1-3-2/h3-8,11,19H,2,9-10H2,1H3,(H,20,22);1-6H;3-4H,1-2,8H2;3H2,1-2H3;3H,1H2,2H3/b;;6-4+;;. The second-order valence-electron chi connectivity index (χ2n) is 9.35. The normalized spacial score (nSPS) is 12.9. The summed E-state index contributed by atoms with van der Waals surface area (Å²) in [4.78, 5) is 22.4. The lowest BCUT2D eigenvalue weighted by Gasteiger charge is -2.16. The van der Waals surface area contributed by atoms with E-state index in [1.807, 2.05) is 41.6 Å². The van der Waals surface area contributed by atoms with Crippen molar-refractivity contribution in [2.24, 2.45) is 5.73 Å². The van der Waals surface area contributed by atoms with Gasteiger partial charge in [-0.25, -0.2) is 4.21 Å². The van der Waals surface area contributed by atoms with Gasteiger partial charge >= 0.3 is 0 Å². The molecule has 0 saturated carbocycles. The van der Waals surface area contributed by atoms with Crippen molar-refractivity contribution in [3.63, 3.8) is 0 Å². The minimum Gasteiger partial charge on any atom is -0.398 e. The number of rotatable bonds is 7. The molecule has 0 spiro atoms. The van der Waals surface area contributed by atoms with Crippen molar-refractivity contribution in [1.82, 2.24) is 0 Å². The van der Waals surface area contributed by atoms with Crippen LogP contribution in [0.4, 0.5) is 17.1 Å². The Morgan fingerprint density at radius 3 is 2.07 bits per heavy atom. The maximum absolute atomic E-state index is 12.4. The molecule has 10 heteroatoms. The van der Waals surface area contributed by atoms with E-state index in [9.17, 15) is 13.8 Å². The molecule has 1 fully saturated rings. The number of carbonyl (C=O) groups excluding carboxylic acids is 2. The fraction of sp³-hybridized carbons (Fsp3) is 0.222. The Morgan fingerprint density at radius 2 is 1.65 bits per heavy atom. The predicted molar refractivity (Wildman–Crippen MR) is 201 cm³/mol. The van der Waals surface area contributed by atoms with E-state index < -0.39 is 11.0 Å². The molecule has 1 aliphatic heterocycles. The smallest absolute Gasteiger partial charge is 0.255 e. The number of nitrogens with zero attached hydrogens (tertiary/aromatic N) is 1. The van der Waals surface area contributed by atoms with E-state index in [1.54, 1.807) is 67.7 Å². The topological polar surface area (TPSA) is 105 Å². The van der Waals surface area contributed by atoms with E-state index in [-0.39, 0.29) is 5.91 Å². The van der Waals surface area contributed by atoms with Crippen LogP contribution < -0.4 is 20.7 Å². The van der Waals surface area contributed by atoms with Gasteiger partial charge in [0.1, 0.15) is 17.3 Å². The monoisotopic (exact) mass is 684 g/mol. The van der Waals surface area contributed by atoms with Gasteiger partial charge in [0.2, 0.25) is 0 Å². The molecule has 0 aromatic heterocycles. The van der Waals surface area contributed by atoms with Crippen LogP contribution in [0.1, 0.15) is 54.3 Å². The average Bonchev–Trinajstić information content (AvgIpc) is 3.49. The second kappa shape index (κ2) is 25.1. The van der Waals surface area contributed by atoms with Crippen LogP contribution in [0.2, 0.25) is 5.02 Å². The van der Waals surface area contributed by atoms with Crippen molar-refractivity contribution >= 4 is 63.4 Å². The quantitative estimate of drug-likeness (QED) is 0.131. The predicted octanol–water partition coefficient (Wildman–Crippen LogP) is 9.38. The fourth-order valence-electron chi connectivity index (χ4n) is 3.31. The molecule has 1 heterocycles. The summed E-state index contributed by atoms with van der Waals surface area (Å²) in [6.07, 6.45) is 7.91. The van der Waals surface area contributed by atoms with Crippen molar-refractivity contribution in [3.05, 3.63) is 138 Å². The van der Waals surface area contributed by atoms with Gasteiger partial charge in [0.15, 0.2) is 0 Å². The van der Waals surface area contributed by atoms with Gasteiger partial charge in [-0.1, -0.05) is 99.1 Å². The van der Waals surface area contributed by atoms with E-state index in [4.69, 9.17) is 28.9 Å². The molecule has 248 valence electrons. The Morgan fingerprint density at radius 1 is 1.07 bits per heavy atom. The lowest BCUT2D eigenvalue weighted by Crippen LogP contribution is -2.19. The highest BCUT2D eigenvalue weighted by molar-refractivity contribution is 7.86. The Labute approximate surface area is 287 Å². The van der Waals surface area contributed by atoms with E-state index >= 15 is 0 Å². The summed E-state index contributed by atoms with van der Waals surface area (Å²) >= 11 is 11.5. The number of benzene rings is 3. The molecule has 0 aliphatic carbocycles. The Bertz CT molecular complexity index is 1430. The van der Waals surface area contributed by atoms with Gasteiger partial charge in [-0.05, 0) is 61.9 Å². The number of anilines is 3. The average molecular weight is 686 g/mol. The zero-order valence-electron chi connectivity index (χ0n) is 27.1. The van der Waals surface area contributed by atoms with Crippen LogP contribution in [-0.4, -0.2) is 35.7 Å². The number of carbonyl (C=O) groups is 2. The number of nitrogens with two attached hydrogens (primary N) is 1. The van der Waals surface area contributed by atoms with Gasteiger partial charge in [0, 0.05) is 47.5 Å². The number of allylic oxidation sites excluding steroid dienone is 4. The molecule has 1 aliphatic rings. The summed E-state index contributed by atoms with van der Waals surface area (Å²) in [5.41, 5.74) is 9.12. The van der Waals surface area contributed by atoms with Gasteiger partial charge in [-0.3, -0.25) is 13.9 Å². The van der Waals surface area contributed by atoms with Crippen LogP contribution >= 0.6 is 23.2 Å². The SMILES string of the molecule is C=C/C=C(/Cl)C(=C)N.C=CC.CCC.CNc1cc(NC(=O)c2ccc(N3CCCS3=O)cc2)ccc1Cl.O=Cc1ccccc1. The Balaban J connectivity index is 0.000000751. The summed E-state index contributed by atoms with van der Waals surface area (Å²) in [5.74, 6) is 0.501. The zero-order valence-corrected chi connectivity index (χ0v) is 29.4. The Hall–Kier alpha value is -4.11. The fourth-order valence-corrected chi connectivity index (χ4v) is 4.90. The highest BCUT2D eigenvalue weighted by Gasteiger charge is 2.20. The number of hydrogen-bond donors (Lipinski definition) is 3. The van der Waals surface area contributed by atoms with Crippen LogP contribution in [0.15, 0.2) is 121 Å². The molecule has 4 rings (SSSR count). The third-order valence-electron chi connectivity index (χ3n) is 5.34. The van der Waals surface area contributed by atoms with Crippen LogP contribution in [0.3, 0.4) is 0 Å². The molecular formula is C36H46Cl2N4O3S. The number of aldehydes is 1. The lowest BCUT2D eigenvalue weighted by molar-refractivity contribution is 0.102. The molecule has 1 saturated heterocycles. The van der Waals surface area contributed by atoms with Crippen molar-refractivity contribution < 1.29 is 13.8 Å². The Kier molecular flexibility index (Phi) is 22.9. The summed E-state index contributed by atoms with van der Waals surface area (Å²) in [7, 11) is 0.819. The van der Waals surface area contributed by atoms with E-state index in [0.29, 0.717) is 32.8 Å². The van der Waals surface area contributed by atoms with Gasteiger partial charge in [-0.2, -0.15) is 0 Å². The van der Waals surface area contributed by atoms with Crippen LogP contribution in [0.25, 0.3) is 0 Å². The van der Waals surface area contributed by atoms with Gasteiger partial charge in [0.05, 0.1) is 15.7 Å². The van der Waals surface area contributed by atoms with Crippen LogP contribution in [0, 0.1) is 0 Å². The summed E-state index contributed by atoms with van der Waals surface area (Å²) in [6, 6.07) is 21.5. The third-order valence-corrected chi connectivity index (χ3v) is 7.56. The summed E-state index contributed by atoms with van der Waals surface area (Å²) in [6.45, 7) is 17.1. The van der Waals surface area contributed by atoms with Crippen LogP contribution in [0.5, 0.6) is 0 Å². The molecule has 7 nitrogen and oxygen atoms in total. The lowest BCUT2D eigenvalue weighted by atomic mass is 10.2. The number of hydrogen-bond acceptors (Lipinski definition) is 5. The molecule has 0 radical (unpaired) electrons. The maximum Gasteiger partial charge on any atom is 0.255 e. The highest BCUT2D eigenvalue weighted by Crippen LogP contribution is 2.26. The number of halogens is 2. The summed E-state index contributed by atoms with van der Waals surface area (Å²) in [5, 5.41) is 6.86. The largest absolute Gasteiger partial charge is 0.398 e. The molecule has 1 unspecified atom stereocenters. The van der Waals surface area contributed by atoms with E-state index in [1.165, 1.54) is 6.42 Å². The van der Waals surface area contributed by atoms with Crippen molar-refractivity contribution in [1.29, 1.82) is 0 Å². The molecule has 3 aromatic carbocycles. The van der Waals surface area contributed by atoms with E-state index in [2.05, 4.69) is 44.2 Å². The van der Waals surface area contributed by atoms with E-state index in [0.717, 1.165) is 36.2 Å². The number of amides is 1. The molecule has 3 aromatic rings. The second-order valence-corrected chi connectivity index (χ2v) is 11.7. The number of nitrogens with one attached hydrogen (secondary N) is 2. The molecule has 0 bridgehead atoms. The zero-order chi connectivity index (χ0) is 34.9. The molecule has 4 N–H and O–H groups in total. The van der Waals surface area contributed by atoms with Gasteiger partial charge < -0.3 is 16.4 Å². The molecule has 1 atom stereocenters.